The number of carbonyl (C=O) groups is 1. The lowest BCUT2D eigenvalue weighted by atomic mass is 10.1. The van der Waals surface area contributed by atoms with E-state index < -0.39 is 6.10 Å². The van der Waals surface area contributed by atoms with E-state index >= 15 is 0 Å². The summed E-state index contributed by atoms with van der Waals surface area (Å²) in [5, 5.41) is 12.9. The summed E-state index contributed by atoms with van der Waals surface area (Å²) in [6, 6.07) is 7.54. The van der Waals surface area contributed by atoms with Crippen molar-refractivity contribution in [2.24, 2.45) is 0 Å². The molecule has 4 heteroatoms. The lowest BCUT2D eigenvalue weighted by molar-refractivity contribution is -0.124. The van der Waals surface area contributed by atoms with Gasteiger partial charge in [0.05, 0.1) is 24.9 Å². The van der Waals surface area contributed by atoms with Gasteiger partial charge in [0, 0.05) is 12.8 Å². The smallest absolute Gasteiger partial charge is 0.222 e. The highest BCUT2D eigenvalue weighted by Gasteiger charge is 2.31. The van der Waals surface area contributed by atoms with E-state index in [0.717, 1.165) is 11.1 Å². The first-order valence-electron chi connectivity index (χ1n) is 6.74. The molecule has 2 unspecified atom stereocenters. The molecule has 2 N–H and O–H groups in total. The number of ether oxygens (including phenoxy) is 1. The van der Waals surface area contributed by atoms with E-state index in [1.807, 2.05) is 38.1 Å². The van der Waals surface area contributed by atoms with Crippen molar-refractivity contribution in [1.29, 1.82) is 0 Å². The number of fused-ring (bicyclic) bond motifs is 1. The maximum atomic E-state index is 11.8. The Balaban J connectivity index is 1.90. The quantitative estimate of drug-likeness (QED) is 0.848. The number of aliphatic hydroxyl groups is 1. The molecule has 0 fully saturated rings. The van der Waals surface area contributed by atoms with E-state index in [-0.39, 0.29) is 18.1 Å². The number of hydrogen-bond donors (Lipinski definition) is 2. The molecule has 0 saturated heterocycles. The monoisotopic (exact) mass is 263 g/mol. The second kappa shape index (κ2) is 6.17. The number of amides is 1. The molecule has 2 rings (SSSR count). The molecule has 0 spiro atoms. The van der Waals surface area contributed by atoms with Gasteiger partial charge >= 0.3 is 0 Å². The van der Waals surface area contributed by atoms with E-state index in [2.05, 4.69) is 5.32 Å². The van der Waals surface area contributed by atoms with Gasteiger partial charge in [-0.25, -0.2) is 0 Å². The highest BCUT2D eigenvalue weighted by Crippen LogP contribution is 2.31. The summed E-state index contributed by atoms with van der Waals surface area (Å²) < 4.78 is 5.35. The van der Waals surface area contributed by atoms with E-state index in [9.17, 15) is 9.90 Å². The average Bonchev–Trinajstić information content (AvgIpc) is 2.66. The maximum Gasteiger partial charge on any atom is 0.222 e. The molecule has 104 valence electrons. The van der Waals surface area contributed by atoms with Gasteiger partial charge in [-0.15, -0.1) is 0 Å². The van der Waals surface area contributed by atoms with Gasteiger partial charge in [0.15, 0.2) is 0 Å². The van der Waals surface area contributed by atoms with Crippen LogP contribution >= 0.6 is 0 Å². The summed E-state index contributed by atoms with van der Waals surface area (Å²) in [6.45, 7) is 4.29. The van der Waals surface area contributed by atoms with Crippen LogP contribution in [0.2, 0.25) is 0 Å². The lowest BCUT2D eigenvalue weighted by Gasteiger charge is -2.18. The zero-order chi connectivity index (χ0) is 13.8. The van der Waals surface area contributed by atoms with Gasteiger partial charge in [0.25, 0.3) is 0 Å². The fourth-order valence-electron chi connectivity index (χ4n) is 2.38. The molecule has 1 aromatic rings. The number of rotatable bonds is 5. The number of aliphatic hydroxyl groups excluding tert-OH is 1. The van der Waals surface area contributed by atoms with Crippen molar-refractivity contribution in [1.82, 2.24) is 5.32 Å². The van der Waals surface area contributed by atoms with Crippen LogP contribution in [0.5, 0.6) is 0 Å². The van der Waals surface area contributed by atoms with Crippen molar-refractivity contribution in [3.8, 4) is 0 Å². The number of benzene rings is 1. The summed E-state index contributed by atoms with van der Waals surface area (Å²) in [4.78, 5) is 11.8. The highest BCUT2D eigenvalue weighted by molar-refractivity contribution is 5.76. The van der Waals surface area contributed by atoms with Crippen LogP contribution in [-0.2, 0) is 16.0 Å². The Morgan fingerprint density at radius 2 is 2.21 bits per heavy atom. The molecule has 0 bridgehead atoms. The molecule has 0 aliphatic heterocycles. The van der Waals surface area contributed by atoms with Crippen molar-refractivity contribution in [3.05, 3.63) is 35.4 Å². The number of carbonyl (C=O) groups excluding carboxylic acids is 1. The molecule has 0 radical (unpaired) electrons. The van der Waals surface area contributed by atoms with Gasteiger partial charge in [-0.3, -0.25) is 4.79 Å². The Hall–Kier alpha value is -1.39. The van der Waals surface area contributed by atoms with Gasteiger partial charge in [-0.2, -0.15) is 0 Å². The topological polar surface area (TPSA) is 58.6 Å². The predicted octanol–water partition coefficient (Wildman–Crippen LogP) is 1.58. The minimum Gasteiger partial charge on any atom is -0.390 e. The maximum absolute atomic E-state index is 11.8. The predicted molar refractivity (Wildman–Crippen MR) is 72.7 cm³/mol. The minimum absolute atomic E-state index is 0.0820. The summed E-state index contributed by atoms with van der Waals surface area (Å²) in [6.07, 6.45) is 0.519. The molecular weight excluding hydrogens is 242 g/mol. The van der Waals surface area contributed by atoms with Crippen molar-refractivity contribution in [2.45, 2.75) is 44.9 Å². The average molecular weight is 263 g/mol. The van der Waals surface area contributed by atoms with E-state index in [4.69, 9.17) is 4.74 Å². The normalized spacial score (nSPS) is 21.5. The zero-order valence-corrected chi connectivity index (χ0v) is 11.4. The van der Waals surface area contributed by atoms with Crippen LogP contribution in [0.3, 0.4) is 0 Å². The Morgan fingerprint density at radius 3 is 2.95 bits per heavy atom. The molecule has 1 amide bonds. The highest BCUT2D eigenvalue weighted by atomic mass is 16.5. The molecule has 0 aromatic heterocycles. The van der Waals surface area contributed by atoms with Crippen molar-refractivity contribution >= 4 is 5.91 Å². The molecule has 0 heterocycles. The Morgan fingerprint density at radius 1 is 1.47 bits per heavy atom. The first-order chi connectivity index (χ1) is 9.08. The largest absolute Gasteiger partial charge is 0.390 e. The van der Waals surface area contributed by atoms with Crippen LogP contribution < -0.4 is 5.32 Å². The van der Waals surface area contributed by atoms with Crippen LogP contribution in [0, 0.1) is 0 Å². The van der Waals surface area contributed by atoms with Gasteiger partial charge in [0.2, 0.25) is 5.91 Å². The molecule has 0 saturated carbocycles. The van der Waals surface area contributed by atoms with Gasteiger partial charge in [-0.1, -0.05) is 24.3 Å². The fraction of sp³-hybridized carbons (Fsp3) is 0.533. The Labute approximate surface area is 113 Å². The lowest BCUT2D eigenvalue weighted by Crippen LogP contribution is -2.34. The van der Waals surface area contributed by atoms with Crippen LogP contribution in [0.25, 0.3) is 0 Å². The second-order valence-corrected chi connectivity index (χ2v) is 5.19. The van der Waals surface area contributed by atoms with Crippen LogP contribution in [0.4, 0.5) is 0 Å². The van der Waals surface area contributed by atoms with E-state index in [1.54, 1.807) is 0 Å². The molecule has 4 nitrogen and oxygen atoms in total. The van der Waals surface area contributed by atoms with Crippen LogP contribution in [0.1, 0.15) is 37.4 Å². The summed E-state index contributed by atoms with van der Waals surface area (Å²) in [5.41, 5.74) is 2.13. The molecule has 1 aliphatic carbocycles. The fourth-order valence-corrected chi connectivity index (χ4v) is 2.38. The summed E-state index contributed by atoms with van der Waals surface area (Å²) in [5.74, 6) is -0.0820. The van der Waals surface area contributed by atoms with Crippen LogP contribution in [-0.4, -0.2) is 29.8 Å². The molecular formula is C15H21NO3. The molecule has 2 atom stereocenters. The molecule has 1 aromatic carbocycles. The summed E-state index contributed by atoms with van der Waals surface area (Å²) in [7, 11) is 0. The van der Waals surface area contributed by atoms with Crippen molar-refractivity contribution in [2.75, 3.05) is 6.61 Å². The zero-order valence-electron chi connectivity index (χ0n) is 11.4. The van der Waals surface area contributed by atoms with Crippen LogP contribution in [0.15, 0.2) is 24.3 Å². The van der Waals surface area contributed by atoms with E-state index in [0.29, 0.717) is 19.4 Å². The number of nitrogens with one attached hydrogen (secondary N) is 1. The minimum atomic E-state index is -0.535. The van der Waals surface area contributed by atoms with E-state index in [1.165, 1.54) is 0 Å². The first-order valence-corrected chi connectivity index (χ1v) is 6.74. The molecule has 1 aliphatic rings. The van der Waals surface area contributed by atoms with Crippen molar-refractivity contribution < 1.29 is 14.6 Å². The van der Waals surface area contributed by atoms with Crippen molar-refractivity contribution in [3.63, 3.8) is 0 Å². The second-order valence-electron chi connectivity index (χ2n) is 5.19. The van der Waals surface area contributed by atoms with Gasteiger partial charge in [-0.05, 0) is 25.0 Å². The standard InChI is InChI=1S/C15H21NO3/c1-10(2)19-8-7-14(18)16-15-12-6-4-3-5-11(12)9-13(15)17/h3-6,10,13,15,17H,7-9H2,1-2H3,(H,16,18). The third-order valence-electron chi connectivity index (χ3n) is 3.30. The third kappa shape index (κ3) is 3.55. The summed E-state index contributed by atoms with van der Waals surface area (Å²) >= 11 is 0. The molecule has 19 heavy (non-hydrogen) atoms. The Kier molecular flexibility index (Phi) is 4.56. The SMILES string of the molecule is CC(C)OCCC(=O)NC1c2ccccc2CC1O. The van der Waals surface area contributed by atoms with Gasteiger partial charge in [0.1, 0.15) is 0 Å². The third-order valence-corrected chi connectivity index (χ3v) is 3.30. The first kappa shape index (κ1) is 14.0. The van der Waals surface area contributed by atoms with Gasteiger partial charge < -0.3 is 15.2 Å². The number of hydrogen-bond acceptors (Lipinski definition) is 3. The Bertz CT molecular complexity index is 445.